The molecule has 0 aromatic heterocycles. The van der Waals surface area contributed by atoms with Gasteiger partial charge in [-0.15, -0.1) is 0 Å². The van der Waals surface area contributed by atoms with Gasteiger partial charge in [-0.1, -0.05) is 443 Å². The molecule has 0 spiro atoms. The molecule has 0 fully saturated rings. The molecule has 3 N–H and O–H groups in total. The topological polar surface area (TPSA) is 95.9 Å². The largest absolute Gasteiger partial charge is 0.466 e. The molecule has 0 rings (SSSR count). The molecule has 2 unspecified atom stereocenters. The average molecular weight is 1240 g/mol. The molecule has 0 aromatic carbocycles. The molecule has 6 nitrogen and oxygen atoms in total. The number of allylic oxidation sites excluding steroid dienone is 1. The Hall–Kier alpha value is -1.40. The molecular formula is C82H161NO5. The molecule has 0 saturated heterocycles. The zero-order valence-corrected chi connectivity index (χ0v) is 60.3. The molecule has 524 valence electrons. The molecule has 6 heteroatoms. The molecular weight excluding hydrogens is 1080 g/mol. The van der Waals surface area contributed by atoms with Crippen LogP contribution in [0.25, 0.3) is 0 Å². The van der Waals surface area contributed by atoms with Crippen LogP contribution in [0.2, 0.25) is 0 Å². The summed E-state index contributed by atoms with van der Waals surface area (Å²) >= 11 is 0. The fourth-order valence-electron chi connectivity index (χ4n) is 13.3. The summed E-state index contributed by atoms with van der Waals surface area (Å²) < 4.78 is 5.51. The van der Waals surface area contributed by atoms with E-state index in [1.807, 2.05) is 6.08 Å². The van der Waals surface area contributed by atoms with Crippen LogP contribution in [0.4, 0.5) is 0 Å². The van der Waals surface area contributed by atoms with E-state index in [9.17, 15) is 19.8 Å². The van der Waals surface area contributed by atoms with Crippen molar-refractivity contribution in [1.29, 1.82) is 0 Å². The van der Waals surface area contributed by atoms with Gasteiger partial charge in [-0.25, -0.2) is 0 Å². The van der Waals surface area contributed by atoms with Gasteiger partial charge in [-0.05, 0) is 32.1 Å². The second-order valence-electron chi connectivity index (χ2n) is 28.5. The fraction of sp³-hybridized carbons (Fsp3) is 0.951. The molecule has 0 aliphatic heterocycles. The van der Waals surface area contributed by atoms with Crippen molar-refractivity contribution < 1.29 is 24.5 Å². The number of esters is 1. The van der Waals surface area contributed by atoms with E-state index in [2.05, 4.69) is 19.2 Å². The Morgan fingerprint density at radius 3 is 0.773 bits per heavy atom. The fourth-order valence-corrected chi connectivity index (χ4v) is 13.3. The van der Waals surface area contributed by atoms with Gasteiger partial charge in [-0.3, -0.25) is 9.59 Å². The molecule has 0 saturated carbocycles. The van der Waals surface area contributed by atoms with Crippen LogP contribution in [0.5, 0.6) is 0 Å². The van der Waals surface area contributed by atoms with Crippen LogP contribution < -0.4 is 5.32 Å². The van der Waals surface area contributed by atoms with Gasteiger partial charge in [0.1, 0.15) is 0 Å². The molecule has 88 heavy (non-hydrogen) atoms. The average Bonchev–Trinajstić information content (AvgIpc) is 3.58. The molecule has 0 aromatic rings. The number of unbranched alkanes of at least 4 members (excludes halogenated alkanes) is 67. The van der Waals surface area contributed by atoms with Gasteiger partial charge >= 0.3 is 5.97 Å². The van der Waals surface area contributed by atoms with Crippen LogP contribution in [0, 0.1) is 0 Å². The van der Waals surface area contributed by atoms with E-state index in [0.29, 0.717) is 19.4 Å². The number of rotatable bonds is 78. The second-order valence-corrected chi connectivity index (χ2v) is 28.5. The predicted molar refractivity (Wildman–Crippen MR) is 389 cm³/mol. The highest BCUT2D eigenvalue weighted by atomic mass is 16.5. The zero-order chi connectivity index (χ0) is 63.5. The Kier molecular flexibility index (Phi) is 76.8. The summed E-state index contributed by atoms with van der Waals surface area (Å²) in [6.07, 6.45) is 99.2. The number of amides is 1. The first-order chi connectivity index (χ1) is 43.5. The molecule has 0 aliphatic carbocycles. The van der Waals surface area contributed by atoms with Crippen molar-refractivity contribution in [2.45, 2.75) is 488 Å². The minimum atomic E-state index is -0.842. The number of ether oxygens (including phenoxy) is 1. The number of carbonyl (C=O) groups is 2. The van der Waals surface area contributed by atoms with E-state index < -0.39 is 12.1 Å². The number of aliphatic hydroxyl groups is 2. The minimum absolute atomic E-state index is 0.0257. The van der Waals surface area contributed by atoms with Crippen molar-refractivity contribution >= 4 is 11.9 Å². The van der Waals surface area contributed by atoms with E-state index in [0.717, 1.165) is 38.5 Å². The van der Waals surface area contributed by atoms with Crippen LogP contribution in [0.3, 0.4) is 0 Å². The van der Waals surface area contributed by atoms with Gasteiger partial charge in [0.15, 0.2) is 0 Å². The lowest BCUT2D eigenvalue weighted by molar-refractivity contribution is -0.143. The van der Waals surface area contributed by atoms with Gasteiger partial charge < -0.3 is 20.3 Å². The van der Waals surface area contributed by atoms with E-state index >= 15 is 0 Å². The summed E-state index contributed by atoms with van der Waals surface area (Å²) in [5.74, 6) is -0.0317. The van der Waals surface area contributed by atoms with Crippen molar-refractivity contribution in [2.75, 3.05) is 13.2 Å². The number of nitrogens with one attached hydrogen (secondary N) is 1. The second kappa shape index (κ2) is 78.0. The lowest BCUT2D eigenvalue weighted by atomic mass is 10.0. The number of aliphatic hydroxyl groups excluding tert-OH is 2. The van der Waals surface area contributed by atoms with E-state index in [1.54, 1.807) is 6.08 Å². The number of hydrogen-bond donors (Lipinski definition) is 3. The Bertz CT molecular complexity index is 1340. The van der Waals surface area contributed by atoms with Gasteiger partial charge in [0, 0.05) is 12.8 Å². The third-order valence-corrected chi connectivity index (χ3v) is 19.6. The molecule has 0 bridgehead atoms. The van der Waals surface area contributed by atoms with Crippen LogP contribution >= 0.6 is 0 Å². The quantitative estimate of drug-likeness (QED) is 0.0320. The lowest BCUT2D eigenvalue weighted by Gasteiger charge is -2.20. The number of carbonyl (C=O) groups excluding carboxylic acids is 2. The Labute approximate surface area is 552 Å². The van der Waals surface area contributed by atoms with Crippen LogP contribution in [0.15, 0.2) is 12.2 Å². The summed E-state index contributed by atoms with van der Waals surface area (Å²) in [6, 6.07) is -0.625. The predicted octanol–water partition coefficient (Wildman–Crippen LogP) is 27.1. The standard InChI is InChI=1S/C82H161NO5/c1-3-5-7-9-11-13-15-17-19-20-21-22-34-37-40-43-47-50-54-58-62-66-70-74-80(85)79(78-84)83-81(86)75-71-67-63-59-55-51-48-44-41-38-35-32-30-28-26-24-23-25-27-29-31-33-36-39-42-45-49-53-57-61-65-69-73-77-88-82(87)76-72-68-64-60-56-52-46-18-16-14-12-10-8-6-4-2/h70,74,79-80,84-85H,3-69,71-73,75-78H2,1-2H3,(H,83,86)/b74-70+. The highest BCUT2D eigenvalue weighted by Gasteiger charge is 2.18. The Morgan fingerprint density at radius 1 is 0.307 bits per heavy atom. The zero-order valence-electron chi connectivity index (χ0n) is 60.3. The Balaban J connectivity index is 3.33. The maximum absolute atomic E-state index is 12.6. The maximum atomic E-state index is 12.6. The van der Waals surface area contributed by atoms with E-state index in [1.165, 1.54) is 411 Å². The SMILES string of the molecule is CCCCCCCCCCCCCCCCCCCCCCC/C=C/C(O)C(CO)NC(=O)CCCCCCCCCCCCCCCCCCCCCCCCCCCCCCCCCCCOC(=O)CCCCCCCCCCCCCCCCC. The van der Waals surface area contributed by atoms with Gasteiger partial charge in [0.05, 0.1) is 25.4 Å². The van der Waals surface area contributed by atoms with Gasteiger partial charge in [0.2, 0.25) is 5.91 Å². The van der Waals surface area contributed by atoms with E-state index in [-0.39, 0.29) is 18.5 Å². The summed E-state index contributed by atoms with van der Waals surface area (Å²) in [4.78, 5) is 24.6. The summed E-state index contributed by atoms with van der Waals surface area (Å²) in [6.45, 7) is 4.97. The first kappa shape index (κ1) is 86.6. The van der Waals surface area contributed by atoms with Gasteiger partial charge in [-0.2, -0.15) is 0 Å². The monoisotopic (exact) mass is 1240 g/mol. The normalized spacial score (nSPS) is 12.5. The van der Waals surface area contributed by atoms with Crippen LogP contribution in [-0.2, 0) is 14.3 Å². The van der Waals surface area contributed by atoms with Crippen LogP contribution in [-0.4, -0.2) is 47.4 Å². The first-order valence-electron chi connectivity index (χ1n) is 41.0. The van der Waals surface area contributed by atoms with E-state index in [4.69, 9.17) is 4.74 Å². The van der Waals surface area contributed by atoms with Crippen molar-refractivity contribution in [3.05, 3.63) is 12.2 Å². The summed E-state index contributed by atoms with van der Waals surface area (Å²) in [7, 11) is 0. The smallest absolute Gasteiger partial charge is 0.305 e. The maximum Gasteiger partial charge on any atom is 0.305 e. The summed E-state index contributed by atoms with van der Waals surface area (Å²) in [5.41, 5.74) is 0. The first-order valence-corrected chi connectivity index (χ1v) is 41.0. The molecule has 0 aliphatic rings. The highest BCUT2D eigenvalue weighted by molar-refractivity contribution is 5.76. The molecule has 2 atom stereocenters. The van der Waals surface area contributed by atoms with Crippen molar-refractivity contribution in [3.8, 4) is 0 Å². The molecule has 1 amide bonds. The highest BCUT2D eigenvalue weighted by Crippen LogP contribution is 2.21. The van der Waals surface area contributed by atoms with Crippen molar-refractivity contribution in [3.63, 3.8) is 0 Å². The third kappa shape index (κ3) is 73.6. The molecule has 0 heterocycles. The number of hydrogen-bond acceptors (Lipinski definition) is 5. The minimum Gasteiger partial charge on any atom is -0.466 e. The van der Waals surface area contributed by atoms with Gasteiger partial charge in [0.25, 0.3) is 0 Å². The van der Waals surface area contributed by atoms with Crippen molar-refractivity contribution in [1.82, 2.24) is 5.32 Å². The molecule has 0 radical (unpaired) electrons. The lowest BCUT2D eigenvalue weighted by Crippen LogP contribution is -2.45. The third-order valence-electron chi connectivity index (χ3n) is 19.6. The Morgan fingerprint density at radius 2 is 0.523 bits per heavy atom. The van der Waals surface area contributed by atoms with Crippen molar-refractivity contribution in [2.24, 2.45) is 0 Å². The van der Waals surface area contributed by atoms with Crippen LogP contribution in [0.1, 0.15) is 476 Å². The summed E-state index contributed by atoms with van der Waals surface area (Å²) in [5, 5.41) is 23.3.